The third kappa shape index (κ3) is 5.64. The van der Waals surface area contributed by atoms with Crippen LogP contribution in [-0.2, 0) is 10.8 Å². The van der Waals surface area contributed by atoms with E-state index in [-0.39, 0.29) is 10.8 Å². The molecular formula is C62H50N4. The van der Waals surface area contributed by atoms with Crippen LogP contribution in [0.5, 0.6) is 0 Å². The second-order valence-electron chi connectivity index (χ2n) is 20.3. The summed E-state index contributed by atoms with van der Waals surface area (Å²) in [6, 6.07) is 72.3. The summed E-state index contributed by atoms with van der Waals surface area (Å²) >= 11 is 0. The zero-order valence-corrected chi connectivity index (χ0v) is 38.3. The van der Waals surface area contributed by atoms with Gasteiger partial charge in [-0.05, 0) is 119 Å². The van der Waals surface area contributed by atoms with Crippen LogP contribution in [0.25, 0.3) is 76.2 Å². The van der Waals surface area contributed by atoms with Crippen LogP contribution in [0.2, 0.25) is 0 Å². The highest BCUT2D eigenvalue weighted by Gasteiger charge is 2.27. The predicted octanol–water partition coefficient (Wildman–Crippen LogP) is 17.5. The fraction of sp³-hybridized carbons (Fsp3) is 0.129. The molecule has 0 saturated heterocycles. The van der Waals surface area contributed by atoms with Gasteiger partial charge < -0.3 is 18.6 Å². The third-order valence-corrected chi connectivity index (χ3v) is 14.2. The number of anilines is 6. The van der Waals surface area contributed by atoms with Crippen molar-refractivity contribution in [2.75, 3.05) is 9.80 Å². The summed E-state index contributed by atoms with van der Waals surface area (Å²) in [7, 11) is 0. The maximum Gasteiger partial charge on any atom is 0.0622 e. The van der Waals surface area contributed by atoms with Crippen molar-refractivity contribution < 1.29 is 0 Å². The van der Waals surface area contributed by atoms with Crippen LogP contribution in [0.3, 0.4) is 0 Å². The van der Waals surface area contributed by atoms with E-state index in [1.807, 2.05) is 0 Å². The molecule has 4 heteroatoms. The molecule has 4 nitrogen and oxygen atoms in total. The Morgan fingerprint density at radius 3 is 0.864 bits per heavy atom. The first-order valence-corrected chi connectivity index (χ1v) is 23.3. The number of rotatable bonds is 6. The Hall–Kier alpha value is -7.82. The smallest absolute Gasteiger partial charge is 0.0622 e. The summed E-state index contributed by atoms with van der Waals surface area (Å²) in [5, 5.41) is 10.1. The molecule has 0 saturated carbocycles. The molecule has 0 radical (unpaired) electrons. The lowest BCUT2D eigenvalue weighted by Crippen LogP contribution is -2.10. The Kier molecular flexibility index (Phi) is 8.10. The van der Waals surface area contributed by atoms with E-state index in [1.165, 1.54) is 87.3 Å². The fourth-order valence-electron chi connectivity index (χ4n) is 10.9. The van der Waals surface area contributed by atoms with E-state index in [4.69, 9.17) is 0 Å². The highest BCUT2D eigenvalue weighted by Crippen LogP contribution is 2.50. The van der Waals surface area contributed by atoms with Crippen molar-refractivity contribution in [3.8, 4) is 0 Å². The van der Waals surface area contributed by atoms with Crippen LogP contribution >= 0.6 is 0 Å². The lowest BCUT2D eigenvalue weighted by atomic mass is 9.86. The van der Waals surface area contributed by atoms with Gasteiger partial charge in [0.15, 0.2) is 0 Å². The molecule has 0 N–H and O–H groups in total. The predicted molar refractivity (Wildman–Crippen MR) is 283 cm³/mol. The number of fused-ring (bicyclic) bond motifs is 12. The molecule has 0 unspecified atom stereocenters. The average Bonchev–Trinajstić information content (AvgIpc) is 4.04. The van der Waals surface area contributed by atoms with Gasteiger partial charge in [-0.3, -0.25) is 0 Å². The van der Waals surface area contributed by atoms with Crippen LogP contribution in [0, 0.1) is 0 Å². The Bertz CT molecular complexity index is 3640. The van der Waals surface area contributed by atoms with Gasteiger partial charge in [0.05, 0.1) is 33.1 Å². The number of benzene rings is 9. The summed E-state index contributed by atoms with van der Waals surface area (Å²) in [5.74, 6) is 0. The van der Waals surface area contributed by atoms with Gasteiger partial charge in [-0.1, -0.05) is 139 Å². The molecule has 66 heavy (non-hydrogen) atoms. The molecule has 0 fully saturated rings. The van der Waals surface area contributed by atoms with Crippen molar-refractivity contribution in [2.45, 2.75) is 52.4 Å². The van der Waals surface area contributed by atoms with Crippen LogP contribution < -0.4 is 9.80 Å². The first-order valence-electron chi connectivity index (χ1n) is 23.3. The Morgan fingerprint density at radius 2 is 0.561 bits per heavy atom. The van der Waals surface area contributed by atoms with Crippen molar-refractivity contribution in [3.63, 3.8) is 0 Å². The molecule has 318 valence electrons. The van der Waals surface area contributed by atoms with Crippen LogP contribution in [0.15, 0.2) is 194 Å². The van der Waals surface area contributed by atoms with E-state index in [0.717, 1.165) is 34.1 Å². The monoisotopic (exact) mass is 850 g/mol. The summed E-state index contributed by atoms with van der Waals surface area (Å²) in [4.78, 5) is 4.82. The van der Waals surface area contributed by atoms with Gasteiger partial charge in [-0.15, -0.1) is 0 Å². The summed E-state index contributed by atoms with van der Waals surface area (Å²) in [5.41, 5.74) is 16.9. The Labute approximate surface area is 384 Å². The second-order valence-corrected chi connectivity index (χ2v) is 20.3. The number of para-hydroxylation sites is 4. The molecule has 0 bridgehead atoms. The minimum atomic E-state index is -0.0123. The van der Waals surface area contributed by atoms with Crippen LogP contribution in [0.1, 0.15) is 52.7 Å². The average molecular weight is 851 g/mol. The SMILES string of the molecule is CC(C)(C)c1ccc2c3cc(N(c4ccccc4)c4ccccc4)cc4c5cc6c(cc5n(c2c1)c34)c1cc(N(c2ccccc2)c2ccccc2)cc2c3ccc(C(C)(C)C)cc3n6c21. The zero-order valence-electron chi connectivity index (χ0n) is 38.3. The molecule has 13 rings (SSSR count). The number of hydrogen-bond acceptors (Lipinski definition) is 2. The fourth-order valence-corrected chi connectivity index (χ4v) is 10.9. The quantitative estimate of drug-likeness (QED) is 0.166. The molecule has 0 aliphatic carbocycles. The van der Waals surface area contributed by atoms with Crippen molar-refractivity contribution in [1.82, 2.24) is 8.80 Å². The maximum atomic E-state index is 2.58. The van der Waals surface area contributed by atoms with Crippen molar-refractivity contribution in [1.29, 1.82) is 0 Å². The topological polar surface area (TPSA) is 15.3 Å². The molecular weight excluding hydrogens is 801 g/mol. The molecule has 0 atom stereocenters. The van der Waals surface area contributed by atoms with E-state index >= 15 is 0 Å². The first kappa shape index (κ1) is 38.6. The highest BCUT2D eigenvalue weighted by atomic mass is 15.1. The van der Waals surface area contributed by atoms with E-state index < -0.39 is 0 Å². The molecule has 9 aromatic carbocycles. The van der Waals surface area contributed by atoms with Crippen molar-refractivity contribution in [2.24, 2.45) is 0 Å². The highest BCUT2D eigenvalue weighted by molar-refractivity contribution is 6.30. The summed E-state index contributed by atoms with van der Waals surface area (Å²) in [6.07, 6.45) is 0. The lowest BCUT2D eigenvalue weighted by Gasteiger charge is -2.25. The number of aromatic nitrogens is 2. The zero-order chi connectivity index (χ0) is 44.6. The van der Waals surface area contributed by atoms with E-state index in [2.05, 4.69) is 254 Å². The Morgan fingerprint density at radius 1 is 0.273 bits per heavy atom. The van der Waals surface area contributed by atoms with E-state index in [9.17, 15) is 0 Å². The van der Waals surface area contributed by atoms with E-state index in [1.54, 1.807) is 0 Å². The standard InChI is InChI=1S/C62H50N4/c1-61(2,3)39-27-29-47-51-33-45(63(41-19-11-7-12-20-41)42-21-13-8-14-22-42)35-53-49-38-58-50(37-57(49)65(59(51)53)55(47)31-39)54-36-46(64(43-23-15-9-16-24-43)44-25-17-10-18-26-44)34-52-48-30-28-40(62(4,5)6)32-56(48)66(58)60(52)54/h7-38H,1-6H3. The second kappa shape index (κ2) is 13.8. The van der Waals surface area contributed by atoms with Crippen molar-refractivity contribution >= 4 is 110 Å². The molecule has 0 aliphatic heterocycles. The molecule has 13 aromatic rings. The summed E-state index contributed by atoms with van der Waals surface area (Å²) in [6.45, 7) is 13.9. The molecule has 4 heterocycles. The van der Waals surface area contributed by atoms with Crippen molar-refractivity contribution in [3.05, 3.63) is 205 Å². The normalized spacial score (nSPS) is 12.7. The van der Waals surface area contributed by atoms with Gasteiger partial charge >= 0.3 is 0 Å². The summed E-state index contributed by atoms with van der Waals surface area (Å²) < 4.78 is 5.16. The van der Waals surface area contributed by atoms with Gasteiger partial charge in [-0.2, -0.15) is 0 Å². The number of nitrogens with zero attached hydrogens (tertiary/aromatic N) is 4. The lowest BCUT2D eigenvalue weighted by molar-refractivity contribution is 0.590. The number of hydrogen-bond donors (Lipinski definition) is 0. The molecule has 4 aromatic heterocycles. The van der Waals surface area contributed by atoms with Gasteiger partial charge in [0.1, 0.15) is 0 Å². The van der Waals surface area contributed by atoms with Gasteiger partial charge in [0.2, 0.25) is 0 Å². The first-order chi connectivity index (χ1) is 32.0. The Balaban J connectivity index is 1.19. The van der Waals surface area contributed by atoms with E-state index in [0.29, 0.717) is 0 Å². The van der Waals surface area contributed by atoms with Gasteiger partial charge in [-0.25, -0.2) is 0 Å². The van der Waals surface area contributed by atoms with Crippen LogP contribution in [0.4, 0.5) is 34.1 Å². The third-order valence-electron chi connectivity index (χ3n) is 14.2. The van der Waals surface area contributed by atoms with Gasteiger partial charge in [0.25, 0.3) is 0 Å². The molecule has 0 aliphatic rings. The minimum absolute atomic E-state index is 0.0123. The molecule has 0 amide bonds. The van der Waals surface area contributed by atoms with Crippen LogP contribution in [-0.4, -0.2) is 8.80 Å². The minimum Gasteiger partial charge on any atom is -0.310 e. The largest absolute Gasteiger partial charge is 0.310 e. The molecule has 0 spiro atoms. The van der Waals surface area contributed by atoms with Gasteiger partial charge in [0, 0.05) is 77.2 Å². The maximum absolute atomic E-state index is 2.58.